The molecule has 2 saturated heterocycles. The molecule has 0 aromatic carbocycles. The maximum Gasteiger partial charge on any atom is 0.225 e. The zero-order chi connectivity index (χ0) is 16.3. The average molecular weight is 340 g/mol. The third-order valence-corrected chi connectivity index (χ3v) is 6.75. The van der Waals surface area contributed by atoms with Gasteiger partial charge in [0.2, 0.25) is 11.8 Å². The molecule has 23 heavy (non-hydrogen) atoms. The van der Waals surface area contributed by atoms with Crippen molar-refractivity contribution in [2.75, 3.05) is 44.2 Å². The monoisotopic (exact) mass is 339 g/mol. The first-order valence-corrected chi connectivity index (χ1v) is 10.1. The Hall–Kier alpha value is -0.750. The van der Waals surface area contributed by atoms with Gasteiger partial charge in [0, 0.05) is 56.7 Å². The van der Waals surface area contributed by atoms with Crippen molar-refractivity contribution in [1.82, 2.24) is 15.1 Å². The predicted octanol–water partition coefficient (Wildman–Crippen LogP) is 1.33. The summed E-state index contributed by atoms with van der Waals surface area (Å²) >= 11 is 2.04. The first-order chi connectivity index (χ1) is 11.1. The molecular formula is C17H29N3O2S. The SMILES string of the molecule is CC(=O)N1CC[C@H](C(=O)NCC2(N3CCSCC3)CCCC2)C1. The van der Waals surface area contributed by atoms with Crippen LogP contribution in [-0.4, -0.2) is 71.4 Å². The van der Waals surface area contributed by atoms with Crippen molar-refractivity contribution < 1.29 is 9.59 Å². The molecule has 130 valence electrons. The number of amides is 2. The highest BCUT2D eigenvalue weighted by molar-refractivity contribution is 7.99. The molecule has 5 nitrogen and oxygen atoms in total. The van der Waals surface area contributed by atoms with Crippen molar-refractivity contribution in [3.8, 4) is 0 Å². The number of hydrogen-bond acceptors (Lipinski definition) is 4. The standard InChI is InChI=1S/C17H29N3O2S/c1-14(21)19-7-4-15(12-19)16(22)18-13-17(5-2-3-6-17)20-8-10-23-11-9-20/h15H,2-13H2,1H3,(H,18,22)/t15-/m0/s1. The molecule has 3 fully saturated rings. The van der Waals surface area contributed by atoms with Crippen LogP contribution in [0.1, 0.15) is 39.0 Å². The number of carbonyl (C=O) groups excluding carboxylic acids is 2. The zero-order valence-electron chi connectivity index (χ0n) is 14.2. The second kappa shape index (κ2) is 7.43. The van der Waals surface area contributed by atoms with Gasteiger partial charge in [-0.25, -0.2) is 0 Å². The Balaban J connectivity index is 1.55. The summed E-state index contributed by atoms with van der Waals surface area (Å²) in [7, 11) is 0. The lowest BCUT2D eigenvalue weighted by Gasteiger charge is -2.43. The lowest BCUT2D eigenvalue weighted by atomic mass is 9.94. The van der Waals surface area contributed by atoms with E-state index in [4.69, 9.17) is 0 Å². The molecule has 2 amide bonds. The van der Waals surface area contributed by atoms with E-state index in [0.717, 1.165) is 32.6 Å². The molecule has 0 bridgehead atoms. The lowest BCUT2D eigenvalue weighted by Crippen LogP contribution is -2.57. The zero-order valence-corrected chi connectivity index (χ0v) is 15.0. The van der Waals surface area contributed by atoms with Crippen molar-refractivity contribution in [3.63, 3.8) is 0 Å². The molecule has 0 unspecified atom stereocenters. The minimum absolute atomic E-state index is 0.0192. The van der Waals surface area contributed by atoms with Gasteiger partial charge >= 0.3 is 0 Å². The summed E-state index contributed by atoms with van der Waals surface area (Å²) in [5, 5.41) is 3.24. The topological polar surface area (TPSA) is 52.7 Å². The van der Waals surface area contributed by atoms with Crippen LogP contribution >= 0.6 is 11.8 Å². The Kier molecular flexibility index (Phi) is 5.52. The van der Waals surface area contributed by atoms with Crippen molar-refractivity contribution in [2.45, 2.75) is 44.6 Å². The molecule has 1 saturated carbocycles. The van der Waals surface area contributed by atoms with Crippen molar-refractivity contribution in [1.29, 1.82) is 0 Å². The fourth-order valence-corrected chi connectivity index (χ4v) is 5.23. The molecule has 1 aliphatic carbocycles. The molecule has 1 atom stereocenters. The molecule has 0 aromatic heterocycles. The number of nitrogens with one attached hydrogen (secondary N) is 1. The van der Waals surface area contributed by atoms with Crippen molar-refractivity contribution in [3.05, 3.63) is 0 Å². The highest BCUT2D eigenvalue weighted by Crippen LogP contribution is 2.36. The number of likely N-dealkylation sites (tertiary alicyclic amines) is 1. The lowest BCUT2D eigenvalue weighted by molar-refractivity contribution is -0.128. The molecule has 3 rings (SSSR count). The van der Waals surface area contributed by atoms with Crippen LogP contribution in [0, 0.1) is 5.92 Å². The van der Waals surface area contributed by atoms with Crippen LogP contribution in [0.2, 0.25) is 0 Å². The number of thioether (sulfide) groups is 1. The van der Waals surface area contributed by atoms with Gasteiger partial charge in [0.25, 0.3) is 0 Å². The summed E-state index contributed by atoms with van der Waals surface area (Å²) in [6, 6.07) is 0. The Bertz CT molecular complexity index is 445. The average Bonchev–Trinajstić information content (AvgIpc) is 3.24. The van der Waals surface area contributed by atoms with Crippen LogP contribution in [0.15, 0.2) is 0 Å². The van der Waals surface area contributed by atoms with Crippen molar-refractivity contribution >= 4 is 23.6 Å². The van der Waals surface area contributed by atoms with Crippen LogP contribution in [-0.2, 0) is 9.59 Å². The molecule has 2 heterocycles. The third-order valence-electron chi connectivity index (χ3n) is 5.81. The Morgan fingerprint density at radius 3 is 2.48 bits per heavy atom. The van der Waals surface area contributed by atoms with E-state index in [9.17, 15) is 9.59 Å². The van der Waals surface area contributed by atoms with E-state index in [-0.39, 0.29) is 23.3 Å². The van der Waals surface area contributed by atoms with E-state index in [0.29, 0.717) is 6.54 Å². The fourth-order valence-electron chi connectivity index (χ4n) is 4.33. The van der Waals surface area contributed by atoms with E-state index < -0.39 is 0 Å². The summed E-state index contributed by atoms with van der Waals surface area (Å²) in [6.45, 7) is 6.00. The van der Waals surface area contributed by atoms with E-state index in [1.807, 2.05) is 11.8 Å². The van der Waals surface area contributed by atoms with E-state index in [1.165, 1.54) is 37.2 Å². The minimum atomic E-state index is -0.0192. The van der Waals surface area contributed by atoms with Crippen LogP contribution < -0.4 is 5.32 Å². The second-order valence-electron chi connectivity index (χ2n) is 7.20. The summed E-state index contributed by atoms with van der Waals surface area (Å²) in [6.07, 6.45) is 5.78. The van der Waals surface area contributed by atoms with Gasteiger partial charge in [0.15, 0.2) is 0 Å². The van der Waals surface area contributed by atoms with E-state index in [1.54, 1.807) is 11.8 Å². The second-order valence-corrected chi connectivity index (χ2v) is 8.42. The van der Waals surface area contributed by atoms with Gasteiger partial charge in [-0.05, 0) is 19.3 Å². The van der Waals surface area contributed by atoms with Gasteiger partial charge in [0.05, 0.1) is 5.92 Å². The van der Waals surface area contributed by atoms with Gasteiger partial charge in [-0.1, -0.05) is 12.8 Å². The molecule has 3 aliphatic rings. The first kappa shape index (κ1) is 17.1. The molecule has 6 heteroatoms. The molecule has 0 spiro atoms. The van der Waals surface area contributed by atoms with Gasteiger partial charge in [-0.15, -0.1) is 0 Å². The smallest absolute Gasteiger partial charge is 0.225 e. The minimum Gasteiger partial charge on any atom is -0.354 e. The normalized spacial score (nSPS) is 28.0. The maximum atomic E-state index is 12.5. The number of hydrogen-bond donors (Lipinski definition) is 1. The van der Waals surface area contributed by atoms with Gasteiger partial charge in [-0.2, -0.15) is 11.8 Å². The third kappa shape index (κ3) is 3.85. The van der Waals surface area contributed by atoms with Crippen LogP contribution in [0.5, 0.6) is 0 Å². The summed E-state index contributed by atoms with van der Waals surface area (Å²) in [5.74, 6) is 2.64. The molecule has 0 radical (unpaired) electrons. The van der Waals surface area contributed by atoms with E-state index >= 15 is 0 Å². The largest absolute Gasteiger partial charge is 0.354 e. The summed E-state index contributed by atoms with van der Waals surface area (Å²) in [5.41, 5.74) is 0.190. The van der Waals surface area contributed by atoms with Crippen LogP contribution in [0.4, 0.5) is 0 Å². The Morgan fingerprint density at radius 1 is 1.17 bits per heavy atom. The molecule has 2 aliphatic heterocycles. The Labute approximate surface area is 143 Å². The maximum absolute atomic E-state index is 12.5. The van der Waals surface area contributed by atoms with Crippen LogP contribution in [0.25, 0.3) is 0 Å². The highest BCUT2D eigenvalue weighted by atomic mass is 32.2. The highest BCUT2D eigenvalue weighted by Gasteiger charge is 2.41. The number of rotatable bonds is 4. The molecule has 0 aromatic rings. The molecular weight excluding hydrogens is 310 g/mol. The predicted molar refractivity (Wildman–Crippen MR) is 93.5 cm³/mol. The quantitative estimate of drug-likeness (QED) is 0.840. The first-order valence-electron chi connectivity index (χ1n) is 8.97. The van der Waals surface area contributed by atoms with Crippen molar-refractivity contribution in [2.24, 2.45) is 5.92 Å². The van der Waals surface area contributed by atoms with E-state index in [2.05, 4.69) is 10.2 Å². The molecule has 1 N–H and O–H groups in total. The van der Waals surface area contributed by atoms with Gasteiger partial charge in [-0.3, -0.25) is 14.5 Å². The summed E-state index contributed by atoms with van der Waals surface area (Å²) in [4.78, 5) is 28.4. The number of nitrogens with zero attached hydrogens (tertiary/aromatic N) is 2. The van der Waals surface area contributed by atoms with Gasteiger partial charge < -0.3 is 10.2 Å². The fraction of sp³-hybridized carbons (Fsp3) is 0.882. The Morgan fingerprint density at radius 2 is 1.87 bits per heavy atom. The number of carbonyl (C=O) groups is 2. The van der Waals surface area contributed by atoms with Gasteiger partial charge in [0.1, 0.15) is 0 Å². The summed E-state index contributed by atoms with van der Waals surface area (Å²) < 4.78 is 0. The van der Waals surface area contributed by atoms with Crippen LogP contribution in [0.3, 0.4) is 0 Å².